The number of halogens is 1. The van der Waals surface area contributed by atoms with Gasteiger partial charge in [0, 0.05) is 18.9 Å². The van der Waals surface area contributed by atoms with E-state index in [0.29, 0.717) is 11.3 Å². The molecule has 1 aliphatic heterocycles. The van der Waals surface area contributed by atoms with E-state index in [1.807, 2.05) is 12.1 Å². The monoisotopic (exact) mass is 338 g/mol. The average molecular weight is 338 g/mol. The lowest BCUT2D eigenvalue weighted by atomic mass is 10.0. The minimum absolute atomic E-state index is 0.315. The number of nitrogens with zero attached hydrogens (tertiary/aromatic N) is 2. The number of rotatable bonds is 3. The molecule has 0 amide bonds. The summed E-state index contributed by atoms with van der Waals surface area (Å²) in [5, 5.41) is 9.19. The SMILES string of the molecule is O=C(O)Oc1c(-c2ccncc2)c(-c2ccc(F)cc2)n2c1CCC2. The van der Waals surface area contributed by atoms with Crippen LogP contribution < -0.4 is 4.74 Å². The van der Waals surface area contributed by atoms with Gasteiger partial charge in [0.2, 0.25) is 0 Å². The Labute approximate surface area is 143 Å². The second kappa shape index (κ2) is 6.05. The summed E-state index contributed by atoms with van der Waals surface area (Å²) in [5.41, 5.74) is 4.03. The van der Waals surface area contributed by atoms with E-state index in [1.54, 1.807) is 24.5 Å². The third kappa shape index (κ3) is 2.65. The number of ether oxygens (including phenoxy) is 1. The molecule has 0 saturated carbocycles. The molecule has 0 radical (unpaired) electrons. The summed E-state index contributed by atoms with van der Waals surface area (Å²) >= 11 is 0. The number of benzene rings is 1. The molecular formula is C19H15FN2O3. The second-order valence-electron chi connectivity index (χ2n) is 5.87. The van der Waals surface area contributed by atoms with Crippen molar-refractivity contribution in [3.05, 3.63) is 60.3 Å². The molecule has 0 aliphatic carbocycles. The summed E-state index contributed by atoms with van der Waals surface area (Å²) in [5.74, 6) is 0.0416. The Morgan fingerprint density at radius 1 is 1.12 bits per heavy atom. The Kier molecular flexibility index (Phi) is 3.72. The molecule has 0 spiro atoms. The first kappa shape index (κ1) is 15.4. The van der Waals surface area contributed by atoms with Crippen molar-refractivity contribution in [2.24, 2.45) is 0 Å². The smallest absolute Gasteiger partial charge is 0.449 e. The number of hydrogen-bond donors (Lipinski definition) is 1. The summed E-state index contributed by atoms with van der Waals surface area (Å²) in [6, 6.07) is 9.83. The quantitative estimate of drug-likeness (QED) is 0.721. The van der Waals surface area contributed by atoms with Crippen LogP contribution >= 0.6 is 0 Å². The Morgan fingerprint density at radius 3 is 2.52 bits per heavy atom. The van der Waals surface area contributed by atoms with Gasteiger partial charge >= 0.3 is 6.16 Å². The first-order valence-corrected chi connectivity index (χ1v) is 7.97. The highest BCUT2D eigenvalue weighted by Crippen LogP contribution is 2.46. The fourth-order valence-corrected chi connectivity index (χ4v) is 3.44. The molecule has 0 atom stereocenters. The Balaban J connectivity index is 2.02. The molecule has 5 nitrogen and oxygen atoms in total. The van der Waals surface area contributed by atoms with Gasteiger partial charge < -0.3 is 14.4 Å². The number of hydrogen-bond acceptors (Lipinski definition) is 3. The van der Waals surface area contributed by atoms with Crippen molar-refractivity contribution >= 4 is 6.16 Å². The van der Waals surface area contributed by atoms with Crippen molar-refractivity contribution < 1.29 is 19.0 Å². The molecule has 0 bridgehead atoms. The molecular weight excluding hydrogens is 323 g/mol. The van der Waals surface area contributed by atoms with E-state index in [1.165, 1.54) is 12.1 Å². The number of fused-ring (bicyclic) bond motifs is 1. The van der Waals surface area contributed by atoms with Crippen LogP contribution in [0.25, 0.3) is 22.4 Å². The van der Waals surface area contributed by atoms with Crippen LogP contribution in [0.15, 0.2) is 48.8 Å². The van der Waals surface area contributed by atoms with E-state index in [-0.39, 0.29) is 5.82 Å². The molecule has 1 N–H and O–H groups in total. The standard InChI is InChI=1S/C19H15FN2O3/c20-14-5-3-13(4-6-14)17-16(12-7-9-21-10-8-12)18(25-19(23)24)15-2-1-11-22(15)17/h3-10H,1-2,11H2,(H,23,24). The molecule has 2 aromatic heterocycles. The molecule has 1 aromatic carbocycles. The summed E-state index contributed by atoms with van der Waals surface area (Å²) in [6.07, 6.45) is 3.60. The molecule has 0 fully saturated rings. The van der Waals surface area contributed by atoms with Crippen molar-refractivity contribution in [3.63, 3.8) is 0 Å². The van der Waals surface area contributed by atoms with E-state index in [2.05, 4.69) is 9.55 Å². The van der Waals surface area contributed by atoms with Crippen LogP contribution in [0.4, 0.5) is 9.18 Å². The summed E-state index contributed by atoms with van der Waals surface area (Å²) in [7, 11) is 0. The van der Waals surface area contributed by atoms with Gasteiger partial charge in [-0.15, -0.1) is 0 Å². The van der Waals surface area contributed by atoms with Crippen LogP contribution in [-0.2, 0) is 13.0 Å². The summed E-state index contributed by atoms with van der Waals surface area (Å²) < 4.78 is 20.6. The largest absolute Gasteiger partial charge is 0.511 e. The molecule has 4 rings (SSSR count). The lowest BCUT2D eigenvalue weighted by Crippen LogP contribution is -2.05. The van der Waals surface area contributed by atoms with E-state index in [4.69, 9.17) is 4.74 Å². The van der Waals surface area contributed by atoms with Crippen LogP contribution in [0.2, 0.25) is 0 Å². The van der Waals surface area contributed by atoms with Crippen LogP contribution in [-0.4, -0.2) is 20.8 Å². The van der Waals surface area contributed by atoms with Gasteiger partial charge in [-0.1, -0.05) is 0 Å². The Hall–Kier alpha value is -3.15. The van der Waals surface area contributed by atoms with Crippen LogP contribution in [0, 0.1) is 5.82 Å². The third-order valence-corrected chi connectivity index (χ3v) is 4.39. The van der Waals surface area contributed by atoms with Crippen molar-refractivity contribution in [3.8, 4) is 28.1 Å². The lowest BCUT2D eigenvalue weighted by molar-refractivity contribution is 0.144. The van der Waals surface area contributed by atoms with Gasteiger partial charge in [0.1, 0.15) is 5.82 Å². The van der Waals surface area contributed by atoms with Crippen molar-refractivity contribution in [1.29, 1.82) is 0 Å². The lowest BCUT2D eigenvalue weighted by Gasteiger charge is -2.10. The predicted octanol–water partition coefficient (Wildman–Crippen LogP) is 4.36. The van der Waals surface area contributed by atoms with E-state index in [9.17, 15) is 14.3 Å². The molecule has 25 heavy (non-hydrogen) atoms. The highest BCUT2D eigenvalue weighted by atomic mass is 19.1. The third-order valence-electron chi connectivity index (χ3n) is 4.39. The fourth-order valence-electron chi connectivity index (χ4n) is 3.44. The number of carboxylic acid groups (broad SMARTS) is 1. The molecule has 6 heteroatoms. The van der Waals surface area contributed by atoms with Gasteiger partial charge in [0.15, 0.2) is 5.75 Å². The highest BCUT2D eigenvalue weighted by Gasteiger charge is 2.30. The maximum Gasteiger partial charge on any atom is 0.511 e. The summed E-state index contributed by atoms with van der Waals surface area (Å²) in [6.45, 7) is 0.767. The zero-order valence-corrected chi connectivity index (χ0v) is 13.3. The Morgan fingerprint density at radius 2 is 1.84 bits per heavy atom. The van der Waals surface area contributed by atoms with E-state index < -0.39 is 6.16 Å². The first-order chi connectivity index (χ1) is 12.1. The minimum Gasteiger partial charge on any atom is -0.449 e. The molecule has 1 aliphatic rings. The number of carbonyl (C=O) groups is 1. The van der Waals surface area contributed by atoms with Crippen molar-refractivity contribution in [2.75, 3.05) is 0 Å². The van der Waals surface area contributed by atoms with E-state index >= 15 is 0 Å². The maximum absolute atomic E-state index is 13.4. The van der Waals surface area contributed by atoms with Crippen LogP contribution in [0.5, 0.6) is 5.75 Å². The van der Waals surface area contributed by atoms with Gasteiger partial charge in [-0.3, -0.25) is 4.98 Å². The number of aromatic nitrogens is 2. The summed E-state index contributed by atoms with van der Waals surface area (Å²) in [4.78, 5) is 15.3. The van der Waals surface area contributed by atoms with Crippen molar-refractivity contribution in [2.45, 2.75) is 19.4 Å². The zero-order chi connectivity index (χ0) is 17.4. The van der Waals surface area contributed by atoms with Gasteiger partial charge in [0.25, 0.3) is 0 Å². The molecule has 126 valence electrons. The van der Waals surface area contributed by atoms with Gasteiger partial charge in [0.05, 0.1) is 17.0 Å². The molecule has 3 heterocycles. The molecule has 0 unspecified atom stereocenters. The average Bonchev–Trinajstić information content (AvgIpc) is 3.18. The first-order valence-electron chi connectivity index (χ1n) is 7.97. The maximum atomic E-state index is 13.4. The van der Waals surface area contributed by atoms with Crippen LogP contribution in [0.3, 0.4) is 0 Å². The van der Waals surface area contributed by atoms with Gasteiger partial charge in [-0.2, -0.15) is 0 Å². The predicted molar refractivity (Wildman–Crippen MR) is 90.0 cm³/mol. The topological polar surface area (TPSA) is 64.3 Å². The normalized spacial score (nSPS) is 12.8. The second-order valence-corrected chi connectivity index (χ2v) is 5.87. The molecule has 0 saturated heterocycles. The van der Waals surface area contributed by atoms with Crippen LogP contribution in [0.1, 0.15) is 12.1 Å². The van der Waals surface area contributed by atoms with E-state index in [0.717, 1.165) is 41.9 Å². The van der Waals surface area contributed by atoms with Gasteiger partial charge in [-0.25, -0.2) is 9.18 Å². The number of pyridine rings is 1. The fraction of sp³-hybridized carbons (Fsp3) is 0.158. The zero-order valence-electron chi connectivity index (χ0n) is 13.3. The highest BCUT2D eigenvalue weighted by molar-refractivity contribution is 5.89. The Bertz CT molecular complexity index is 934. The minimum atomic E-state index is -1.35. The van der Waals surface area contributed by atoms with Gasteiger partial charge in [-0.05, 0) is 60.4 Å². The molecule has 3 aromatic rings. The van der Waals surface area contributed by atoms with Crippen molar-refractivity contribution in [1.82, 2.24) is 9.55 Å².